The number of hydrogen-bond donors (Lipinski definition) is 1. The van der Waals surface area contributed by atoms with Gasteiger partial charge < -0.3 is 5.73 Å². The molecule has 0 amide bonds. The Morgan fingerprint density at radius 3 is 2.74 bits per heavy atom. The van der Waals surface area contributed by atoms with E-state index >= 15 is 0 Å². The predicted octanol–water partition coefficient (Wildman–Crippen LogP) is 3.31. The van der Waals surface area contributed by atoms with Crippen molar-refractivity contribution >= 4 is 39.8 Å². The van der Waals surface area contributed by atoms with Gasteiger partial charge in [0.1, 0.15) is 11.3 Å². The molecule has 2 N–H and O–H groups in total. The Hall–Kier alpha value is -1.91. The number of benzene rings is 2. The predicted molar refractivity (Wildman–Crippen MR) is 82.0 cm³/mol. The van der Waals surface area contributed by atoms with Gasteiger partial charge in [0.05, 0.1) is 16.1 Å². The average Bonchev–Trinajstić information content (AvgIpc) is 2.82. The van der Waals surface area contributed by atoms with E-state index in [2.05, 4.69) is 4.98 Å². The van der Waals surface area contributed by atoms with Crippen LogP contribution in [0.3, 0.4) is 0 Å². The molecule has 0 atom stereocenters. The molecule has 0 aliphatic heterocycles. The zero-order valence-corrected chi connectivity index (χ0v) is 11.4. The van der Waals surface area contributed by atoms with E-state index in [1.165, 1.54) is 0 Å². The summed E-state index contributed by atoms with van der Waals surface area (Å²) in [6, 6.07) is 13.5. The van der Waals surface area contributed by atoms with Gasteiger partial charge in [-0.1, -0.05) is 36.0 Å². The number of fused-ring (bicyclic) bond motifs is 1. The molecule has 3 rings (SSSR count). The fourth-order valence-electron chi connectivity index (χ4n) is 2.02. The van der Waals surface area contributed by atoms with Crippen molar-refractivity contribution < 1.29 is 0 Å². The van der Waals surface area contributed by atoms with Crippen molar-refractivity contribution in [2.75, 3.05) is 0 Å². The summed E-state index contributed by atoms with van der Waals surface area (Å²) in [6.45, 7) is 0. The van der Waals surface area contributed by atoms with E-state index in [1.54, 1.807) is 6.33 Å². The van der Waals surface area contributed by atoms with Gasteiger partial charge in [0.15, 0.2) is 0 Å². The van der Waals surface area contributed by atoms with E-state index in [0.717, 1.165) is 16.7 Å². The average molecular weight is 288 g/mol. The van der Waals surface area contributed by atoms with Crippen molar-refractivity contribution in [3.05, 3.63) is 59.4 Å². The highest BCUT2D eigenvalue weighted by molar-refractivity contribution is 7.80. The largest absolute Gasteiger partial charge is 0.389 e. The Bertz CT molecular complexity index is 779. The number of rotatable bonds is 2. The third-order valence-electron chi connectivity index (χ3n) is 2.95. The van der Waals surface area contributed by atoms with Crippen molar-refractivity contribution in [3.8, 4) is 5.69 Å². The molecule has 1 aromatic heterocycles. The fraction of sp³-hybridized carbons (Fsp3) is 0. The molecule has 0 aliphatic rings. The molecule has 0 aliphatic carbocycles. The Labute approximate surface area is 120 Å². The van der Waals surface area contributed by atoms with Crippen LogP contribution in [0.2, 0.25) is 5.02 Å². The third-order valence-corrected chi connectivity index (χ3v) is 3.48. The van der Waals surface area contributed by atoms with Crippen molar-refractivity contribution in [3.63, 3.8) is 0 Å². The quantitative estimate of drug-likeness (QED) is 0.736. The van der Waals surface area contributed by atoms with Crippen LogP contribution in [0.25, 0.3) is 16.7 Å². The molecule has 3 aromatic rings. The van der Waals surface area contributed by atoms with Crippen LogP contribution >= 0.6 is 23.8 Å². The molecule has 0 saturated heterocycles. The van der Waals surface area contributed by atoms with Crippen molar-refractivity contribution in [2.24, 2.45) is 5.73 Å². The lowest BCUT2D eigenvalue weighted by Crippen LogP contribution is -2.10. The number of thiocarbonyl (C=S) groups is 1. The van der Waals surface area contributed by atoms with Gasteiger partial charge in [0.2, 0.25) is 0 Å². The van der Waals surface area contributed by atoms with Crippen LogP contribution in [-0.4, -0.2) is 14.5 Å². The molecule has 3 nitrogen and oxygen atoms in total. The van der Waals surface area contributed by atoms with Crippen molar-refractivity contribution in [1.82, 2.24) is 9.55 Å². The Morgan fingerprint density at radius 2 is 2.00 bits per heavy atom. The molecule has 0 fully saturated rings. The van der Waals surface area contributed by atoms with E-state index in [0.29, 0.717) is 15.6 Å². The molecule has 0 saturated carbocycles. The Morgan fingerprint density at radius 1 is 1.21 bits per heavy atom. The van der Waals surface area contributed by atoms with Gasteiger partial charge in [-0.3, -0.25) is 4.57 Å². The lowest BCUT2D eigenvalue weighted by Gasteiger charge is -2.07. The second-order valence-corrected chi connectivity index (χ2v) is 4.98. The number of hydrogen-bond acceptors (Lipinski definition) is 2. The van der Waals surface area contributed by atoms with Gasteiger partial charge >= 0.3 is 0 Å². The highest BCUT2D eigenvalue weighted by Crippen LogP contribution is 2.23. The standard InChI is InChI=1S/C14H10ClN3S/c15-11-7-9(5-6-10(11)14(16)19)18-8-17-12-3-1-2-4-13(12)18/h1-8H,(H2,16,19). The maximum absolute atomic E-state index is 6.19. The minimum absolute atomic E-state index is 0.298. The molecule has 0 spiro atoms. The highest BCUT2D eigenvalue weighted by atomic mass is 35.5. The first-order chi connectivity index (χ1) is 9.16. The van der Waals surface area contributed by atoms with Crippen LogP contribution in [0.4, 0.5) is 0 Å². The molecule has 0 unspecified atom stereocenters. The van der Waals surface area contributed by atoms with E-state index < -0.39 is 0 Å². The number of nitrogens with zero attached hydrogens (tertiary/aromatic N) is 2. The van der Waals surface area contributed by atoms with Crippen LogP contribution < -0.4 is 5.73 Å². The monoisotopic (exact) mass is 287 g/mol. The normalized spacial score (nSPS) is 10.8. The van der Waals surface area contributed by atoms with Crippen LogP contribution in [0.5, 0.6) is 0 Å². The number of aromatic nitrogens is 2. The first kappa shape index (κ1) is 12.1. The van der Waals surface area contributed by atoms with Crippen LogP contribution in [0.15, 0.2) is 48.8 Å². The Balaban J connectivity index is 2.17. The molecule has 19 heavy (non-hydrogen) atoms. The third kappa shape index (κ3) is 2.09. The van der Waals surface area contributed by atoms with Crippen LogP contribution in [0.1, 0.15) is 5.56 Å². The van der Waals surface area contributed by atoms with Gasteiger partial charge in [-0.2, -0.15) is 0 Å². The highest BCUT2D eigenvalue weighted by Gasteiger charge is 2.08. The molecular formula is C14H10ClN3S. The summed E-state index contributed by atoms with van der Waals surface area (Å²) < 4.78 is 1.98. The summed E-state index contributed by atoms with van der Waals surface area (Å²) >= 11 is 11.1. The molecule has 1 heterocycles. The maximum atomic E-state index is 6.19. The summed E-state index contributed by atoms with van der Waals surface area (Å²) in [5, 5.41) is 0.544. The molecule has 94 valence electrons. The summed E-state index contributed by atoms with van der Waals surface area (Å²) in [4.78, 5) is 4.65. The molecule has 2 aromatic carbocycles. The number of halogens is 1. The number of imidazole rings is 1. The van der Waals surface area contributed by atoms with E-state index in [1.807, 2.05) is 47.0 Å². The first-order valence-corrected chi connectivity index (χ1v) is 6.47. The lowest BCUT2D eigenvalue weighted by atomic mass is 10.2. The summed E-state index contributed by atoms with van der Waals surface area (Å²) in [7, 11) is 0. The van der Waals surface area contributed by atoms with Crippen LogP contribution in [0, 0.1) is 0 Å². The summed E-state index contributed by atoms with van der Waals surface area (Å²) in [5.41, 5.74) is 9.19. The van der Waals surface area contributed by atoms with Crippen LogP contribution in [-0.2, 0) is 0 Å². The van der Waals surface area contributed by atoms with E-state index in [9.17, 15) is 0 Å². The second-order valence-electron chi connectivity index (χ2n) is 4.13. The van der Waals surface area contributed by atoms with Crippen molar-refractivity contribution in [2.45, 2.75) is 0 Å². The topological polar surface area (TPSA) is 43.8 Å². The summed E-state index contributed by atoms with van der Waals surface area (Å²) in [6.07, 6.45) is 1.77. The minimum atomic E-state index is 0.298. The zero-order chi connectivity index (χ0) is 13.4. The van der Waals surface area contributed by atoms with Crippen molar-refractivity contribution in [1.29, 1.82) is 0 Å². The SMILES string of the molecule is NC(=S)c1ccc(-n2cnc3ccccc32)cc1Cl. The zero-order valence-electron chi connectivity index (χ0n) is 9.88. The molecule has 0 radical (unpaired) electrons. The first-order valence-electron chi connectivity index (χ1n) is 5.68. The minimum Gasteiger partial charge on any atom is -0.389 e. The van der Waals surface area contributed by atoms with E-state index in [4.69, 9.17) is 29.6 Å². The van der Waals surface area contributed by atoms with Gasteiger partial charge in [0.25, 0.3) is 0 Å². The summed E-state index contributed by atoms with van der Waals surface area (Å²) in [5.74, 6) is 0. The number of nitrogens with two attached hydrogens (primary N) is 1. The lowest BCUT2D eigenvalue weighted by molar-refractivity contribution is 1.09. The van der Waals surface area contributed by atoms with Gasteiger partial charge in [-0.05, 0) is 30.3 Å². The van der Waals surface area contributed by atoms with Gasteiger partial charge in [0, 0.05) is 11.3 Å². The molecule has 5 heteroatoms. The molecular weight excluding hydrogens is 278 g/mol. The fourth-order valence-corrected chi connectivity index (χ4v) is 2.53. The van der Waals surface area contributed by atoms with Gasteiger partial charge in [-0.15, -0.1) is 0 Å². The number of para-hydroxylation sites is 2. The second kappa shape index (κ2) is 4.64. The molecule has 0 bridgehead atoms. The maximum Gasteiger partial charge on any atom is 0.105 e. The Kier molecular flexibility index (Phi) is 2.97. The van der Waals surface area contributed by atoms with Gasteiger partial charge in [-0.25, -0.2) is 4.98 Å². The van der Waals surface area contributed by atoms with E-state index in [-0.39, 0.29) is 0 Å². The smallest absolute Gasteiger partial charge is 0.105 e.